The summed E-state index contributed by atoms with van der Waals surface area (Å²) in [4.78, 5) is 11.9. The molecule has 5 heteroatoms. The van der Waals surface area contributed by atoms with Crippen LogP contribution in [0.2, 0.25) is 4.34 Å². The zero-order chi connectivity index (χ0) is 31.4. The van der Waals surface area contributed by atoms with Crippen LogP contribution in [-0.2, 0) is 4.79 Å². The van der Waals surface area contributed by atoms with E-state index in [-0.39, 0.29) is 0 Å². The minimum Gasteiger partial charge on any atom is -0.299 e. The summed E-state index contributed by atoms with van der Waals surface area (Å²) in [6.45, 7) is 16.4. The van der Waals surface area contributed by atoms with Crippen LogP contribution in [0.25, 0.3) is 22.9 Å². The van der Waals surface area contributed by atoms with Crippen molar-refractivity contribution in [1.29, 1.82) is 5.26 Å². The molecule has 0 aliphatic rings. The Morgan fingerprint density at radius 1 is 0.976 bits per heavy atom. The van der Waals surface area contributed by atoms with E-state index in [4.69, 9.17) is 11.6 Å². The molecule has 3 rings (SSSR count). The normalized spacial score (nSPS) is 11.2. The van der Waals surface area contributed by atoms with Crippen molar-refractivity contribution >= 4 is 52.1 Å². The lowest BCUT2D eigenvalue weighted by molar-refractivity contribution is -0.104. The van der Waals surface area contributed by atoms with Gasteiger partial charge in [-0.3, -0.25) is 10.1 Å². The number of nitrogens with one attached hydrogen (secondary N) is 1. The highest BCUT2D eigenvalue weighted by atomic mass is 35.5. The van der Waals surface area contributed by atoms with E-state index in [9.17, 15) is 10.1 Å². The van der Waals surface area contributed by atoms with Crippen LogP contribution in [0.5, 0.6) is 0 Å². The number of terminal acetylenes is 1. The van der Waals surface area contributed by atoms with Crippen molar-refractivity contribution in [1.82, 2.24) is 5.32 Å². The van der Waals surface area contributed by atoms with Gasteiger partial charge >= 0.3 is 0 Å². The molecule has 0 spiro atoms. The van der Waals surface area contributed by atoms with E-state index in [0.717, 1.165) is 72.2 Å². The van der Waals surface area contributed by atoms with Gasteiger partial charge in [0.15, 0.2) is 6.19 Å². The highest BCUT2D eigenvalue weighted by Crippen LogP contribution is 2.43. The SMILES string of the molecule is C#C.CC.CC.CCC(=C(/NC#N)c1ccccc1C)/C(=C(\CC)c1cc(C)sc1Cl)c1ccc(/C=C/C=O)cc1. The Kier molecular flexibility index (Phi) is 19.0. The van der Waals surface area contributed by atoms with E-state index in [1.165, 1.54) is 6.08 Å². The summed E-state index contributed by atoms with van der Waals surface area (Å²) in [6, 6.07) is 18.4. The number of aryl methyl sites for hydroxylation is 2. The van der Waals surface area contributed by atoms with E-state index in [2.05, 4.69) is 76.3 Å². The predicted octanol–water partition coefficient (Wildman–Crippen LogP) is 10.7. The zero-order valence-corrected chi connectivity index (χ0v) is 27.2. The van der Waals surface area contributed by atoms with Gasteiger partial charge in [-0.15, -0.1) is 24.2 Å². The number of hydrogen-bond acceptors (Lipinski definition) is 4. The summed E-state index contributed by atoms with van der Waals surface area (Å²) in [5.74, 6) is 0. The van der Waals surface area contributed by atoms with Gasteiger partial charge in [-0.2, -0.15) is 5.26 Å². The molecule has 1 heterocycles. The Labute approximate surface area is 257 Å². The van der Waals surface area contributed by atoms with Gasteiger partial charge in [0, 0.05) is 16.0 Å². The quantitative estimate of drug-likeness (QED) is 0.0677. The smallest absolute Gasteiger partial charge is 0.181 e. The molecular formula is C36H43ClN2OS. The average molecular weight is 587 g/mol. The number of benzene rings is 2. The first-order valence-electron chi connectivity index (χ1n) is 13.9. The standard InChI is InChI=1S/C30H29ClN2OS.2C2H6.C2H2/c1-5-24(27-18-21(4)35-30(27)31)28(23-15-13-22(14-16-23)11-9-17-34)25(6-2)29(33-19-32)26-12-8-7-10-20(26)3;3*1-2/h7-18,33H,5-6H2,1-4H3;2*1-2H3;1-2H/b11-9+,28-24+,29-25-;;;. The molecule has 1 N–H and O–H groups in total. The maximum atomic E-state index is 10.8. The van der Waals surface area contributed by atoms with Crippen molar-refractivity contribution in [2.45, 2.75) is 68.2 Å². The third kappa shape index (κ3) is 10.3. The Morgan fingerprint density at radius 3 is 2.05 bits per heavy atom. The predicted molar refractivity (Wildman–Crippen MR) is 182 cm³/mol. The maximum Gasteiger partial charge on any atom is 0.181 e. The zero-order valence-electron chi connectivity index (χ0n) is 25.6. The molecule has 0 saturated heterocycles. The van der Waals surface area contributed by atoms with Crippen LogP contribution < -0.4 is 5.32 Å². The molecule has 41 heavy (non-hydrogen) atoms. The summed E-state index contributed by atoms with van der Waals surface area (Å²) < 4.78 is 0.767. The van der Waals surface area contributed by atoms with Gasteiger partial charge in [0.25, 0.3) is 0 Å². The van der Waals surface area contributed by atoms with Gasteiger partial charge in [0.2, 0.25) is 0 Å². The summed E-state index contributed by atoms with van der Waals surface area (Å²) in [6.07, 6.45) is 15.7. The Hall–Kier alpha value is -3.83. The second-order valence-electron chi connectivity index (χ2n) is 8.13. The fourth-order valence-corrected chi connectivity index (χ4v) is 5.61. The number of carbonyl (C=O) groups excluding carboxylic acids is 1. The van der Waals surface area contributed by atoms with Crippen LogP contribution in [0.15, 0.2) is 66.2 Å². The van der Waals surface area contributed by atoms with Crippen molar-refractivity contribution in [3.8, 4) is 19.0 Å². The molecule has 1 aromatic heterocycles. The van der Waals surface area contributed by atoms with Gasteiger partial charge in [-0.25, -0.2) is 0 Å². The highest BCUT2D eigenvalue weighted by molar-refractivity contribution is 7.16. The van der Waals surface area contributed by atoms with Crippen LogP contribution in [0.4, 0.5) is 0 Å². The Balaban J connectivity index is 0.00000250. The third-order valence-electron chi connectivity index (χ3n) is 5.91. The fourth-order valence-electron chi connectivity index (χ4n) is 4.33. The van der Waals surface area contributed by atoms with Crippen molar-refractivity contribution in [3.63, 3.8) is 0 Å². The fraction of sp³-hybridized carbons (Fsp3) is 0.278. The number of allylic oxidation sites excluding steroid dienone is 4. The van der Waals surface area contributed by atoms with Crippen molar-refractivity contribution in [2.24, 2.45) is 0 Å². The largest absolute Gasteiger partial charge is 0.299 e. The summed E-state index contributed by atoms with van der Waals surface area (Å²) in [5, 5.41) is 12.7. The Morgan fingerprint density at radius 2 is 1.59 bits per heavy atom. The van der Waals surface area contributed by atoms with E-state index in [1.54, 1.807) is 17.4 Å². The highest BCUT2D eigenvalue weighted by Gasteiger charge is 2.21. The molecule has 0 unspecified atom stereocenters. The minimum atomic E-state index is 0.713. The summed E-state index contributed by atoms with van der Waals surface area (Å²) in [5.41, 5.74) is 9.16. The number of hydrogen-bond donors (Lipinski definition) is 1. The van der Waals surface area contributed by atoms with Gasteiger partial charge in [-0.1, -0.05) is 108 Å². The molecular weight excluding hydrogens is 544 g/mol. The first-order valence-corrected chi connectivity index (χ1v) is 15.1. The molecule has 0 radical (unpaired) electrons. The number of aldehydes is 1. The van der Waals surface area contributed by atoms with E-state index >= 15 is 0 Å². The van der Waals surface area contributed by atoms with Crippen molar-refractivity contribution in [3.05, 3.63) is 103 Å². The molecule has 0 amide bonds. The topological polar surface area (TPSA) is 52.9 Å². The maximum absolute atomic E-state index is 10.8. The number of rotatable bonds is 9. The molecule has 0 bridgehead atoms. The molecule has 0 saturated carbocycles. The number of nitrogens with zero attached hydrogens (tertiary/aromatic N) is 1. The van der Waals surface area contributed by atoms with Crippen LogP contribution in [0, 0.1) is 38.1 Å². The number of halogens is 1. The van der Waals surface area contributed by atoms with Gasteiger partial charge < -0.3 is 0 Å². The van der Waals surface area contributed by atoms with Crippen LogP contribution in [0.3, 0.4) is 0 Å². The van der Waals surface area contributed by atoms with E-state index in [0.29, 0.717) is 6.42 Å². The molecule has 0 atom stereocenters. The monoisotopic (exact) mass is 586 g/mol. The number of thiophene rings is 1. The molecule has 3 nitrogen and oxygen atoms in total. The van der Waals surface area contributed by atoms with Crippen LogP contribution >= 0.6 is 22.9 Å². The second-order valence-corrected chi connectivity index (χ2v) is 9.99. The molecule has 3 aromatic rings. The first kappa shape index (κ1) is 37.2. The van der Waals surface area contributed by atoms with Crippen molar-refractivity contribution < 1.29 is 4.79 Å². The lowest BCUT2D eigenvalue weighted by Gasteiger charge is -2.22. The van der Waals surface area contributed by atoms with Crippen molar-refractivity contribution in [2.75, 3.05) is 0 Å². The molecule has 0 aliphatic heterocycles. The van der Waals surface area contributed by atoms with Gasteiger partial charge in [-0.05, 0) is 72.2 Å². The second kappa shape index (κ2) is 21.0. The molecule has 0 aliphatic carbocycles. The molecule has 216 valence electrons. The first-order chi connectivity index (χ1) is 19.9. The van der Waals surface area contributed by atoms with Gasteiger partial charge in [0.1, 0.15) is 10.6 Å². The lowest BCUT2D eigenvalue weighted by Crippen LogP contribution is -2.11. The minimum absolute atomic E-state index is 0.713. The summed E-state index contributed by atoms with van der Waals surface area (Å²) >= 11 is 8.30. The number of carbonyl (C=O) groups is 1. The van der Waals surface area contributed by atoms with E-state index < -0.39 is 0 Å². The average Bonchev–Trinajstić information content (AvgIpc) is 3.36. The summed E-state index contributed by atoms with van der Waals surface area (Å²) in [7, 11) is 0. The Bertz CT molecular complexity index is 1380. The van der Waals surface area contributed by atoms with Gasteiger partial charge in [0.05, 0.1) is 5.70 Å². The third-order valence-corrected chi connectivity index (χ3v) is 7.18. The number of nitriles is 1. The van der Waals surface area contributed by atoms with Crippen LogP contribution in [-0.4, -0.2) is 6.29 Å². The van der Waals surface area contributed by atoms with E-state index in [1.807, 2.05) is 58.0 Å². The molecule has 0 fully saturated rings. The van der Waals surface area contributed by atoms with Crippen LogP contribution in [0.1, 0.15) is 87.1 Å². The molecule has 2 aromatic carbocycles. The lowest BCUT2D eigenvalue weighted by atomic mass is 9.84.